The van der Waals surface area contributed by atoms with Crippen molar-refractivity contribution in [2.45, 2.75) is 19.5 Å². The number of fused-ring (bicyclic) bond motifs is 2. The quantitative estimate of drug-likeness (QED) is 0.627. The number of carbonyl (C=O) groups excluding carboxylic acids is 1. The van der Waals surface area contributed by atoms with Gasteiger partial charge in [0.2, 0.25) is 0 Å². The number of urea groups is 1. The Morgan fingerprint density at radius 3 is 2.16 bits per heavy atom. The first kappa shape index (κ1) is 21.3. The Labute approximate surface area is 184 Å². The van der Waals surface area contributed by atoms with Crippen LogP contribution in [0, 0.1) is 6.92 Å². The summed E-state index contributed by atoms with van der Waals surface area (Å²) in [5.41, 5.74) is 0.0487. The molecule has 2 amide bonds. The monoisotopic (exact) mass is 440 g/mol. The molecule has 4 rings (SSSR count). The van der Waals surface area contributed by atoms with E-state index in [1.54, 1.807) is 38.1 Å². The van der Waals surface area contributed by atoms with E-state index in [1.807, 2.05) is 0 Å². The van der Waals surface area contributed by atoms with Crippen molar-refractivity contribution in [3.05, 3.63) is 46.0 Å². The normalized spacial score (nSPS) is 17.2. The van der Waals surface area contributed by atoms with E-state index in [1.165, 1.54) is 33.0 Å². The third kappa shape index (κ3) is 2.90. The van der Waals surface area contributed by atoms with Crippen LogP contribution in [-0.4, -0.2) is 44.0 Å². The number of nitrogens with zero attached hydrogens (tertiary/aromatic N) is 2. The van der Waals surface area contributed by atoms with Crippen LogP contribution in [-0.2, 0) is 5.66 Å². The summed E-state index contributed by atoms with van der Waals surface area (Å²) in [6.07, 6.45) is 0. The molecule has 0 radical (unpaired) electrons. The minimum atomic E-state index is -1.37. The highest BCUT2D eigenvalue weighted by molar-refractivity contribution is 5.96. The molecule has 1 unspecified atom stereocenters. The molecular weight excluding hydrogens is 416 g/mol. The number of methoxy groups -OCH3 is 4. The van der Waals surface area contributed by atoms with Gasteiger partial charge in [0.05, 0.1) is 56.3 Å². The molecule has 0 spiro atoms. The number of nitrogens with one attached hydrogen (secondary N) is 2. The lowest BCUT2D eigenvalue weighted by Crippen LogP contribution is -2.57. The van der Waals surface area contributed by atoms with Gasteiger partial charge < -0.3 is 29.6 Å². The van der Waals surface area contributed by atoms with Crippen LogP contribution in [0.5, 0.6) is 23.0 Å². The van der Waals surface area contributed by atoms with Gasteiger partial charge in [-0.3, -0.25) is 4.57 Å². The zero-order valence-corrected chi connectivity index (χ0v) is 18.7. The molecule has 1 aliphatic heterocycles. The second-order valence-corrected chi connectivity index (χ2v) is 7.39. The first-order chi connectivity index (χ1) is 15.3. The van der Waals surface area contributed by atoms with Crippen molar-refractivity contribution in [3.63, 3.8) is 0 Å². The maximum atomic E-state index is 13.3. The van der Waals surface area contributed by atoms with E-state index in [0.29, 0.717) is 50.8 Å². The lowest BCUT2D eigenvalue weighted by atomic mass is 9.94. The van der Waals surface area contributed by atoms with Crippen molar-refractivity contribution in [3.8, 4) is 23.0 Å². The average Bonchev–Trinajstić information content (AvgIpc) is 2.76. The highest BCUT2D eigenvalue weighted by atomic mass is 16.5. The number of anilines is 1. The number of rotatable bonds is 5. The van der Waals surface area contributed by atoms with E-state index in [0.717, 1.165) is 0 Å². The number of hydrogen-bond acceptors (Lipinski definition) is 7. The van der Waals surface area contributed by atoms with E-state index in [9.17, 15) is 9.59 Å². The molecule has 0 aliphatic carbocycles. The molecule has 1 atom stereocenters. The molecule has 2 heterocycles. The molecule has 10 heteroatoms. The fraction of sp³-hybridized carbons (Fsp3) is 0.318. The van der Waals surface area contributed by atoms with Crippen LogP contribution >= 0.6 is 0 Å². The van der Waals surface area contributed by atoms with E-state index in [4.69, 9.17) is 18.9 Å². The van der Waals surface area contributed by atoms with Gasteiger partial charge in [-0.15, -0.1) is 0 Å². The predicted molar refractivity (Wildman–Crippen MR) is 118 cm³/mol. The van der Waals surface area contributed by atoms with Crippen LogP contribution < -0.4 is 35.3 Å². The zero-order valence-electron chi connectivity index (χ0n) is 18.7. The number of hydrogen-bond donors (Lipinski definition) is 2. The van der Waals surface area contributed by atoms with Gasteiger partial charge in [0.1, 0.15) is 0 Å². The maximum absolute atomic E-state index is 13.3. The summed E-state index contributed by atoms with van der Waals surface area (Å²) in [6, 6.07) is 6.34. The van der Waals surface area contributed by atoms with Crippen LogP contribution in [0.1, 0.15) is 18.2 Å². The molecule has 0 saturated carbocycles. The smallest absolute Gasteiger partial charge is 0.350 e. The summed E-state index contributed by atoms with van der Waals surface area (Å²) in [4.78, 5) is 30.2. The SMILES string of the molecule is COc1ccc2c(c1OC)C(C)(n1c(=O)nc(C)c3c(OC)c(OC)ccc31)NC(=O)N2. The molecule has 2 aromatic carbocycles. The molecule has 0 saturated heterocycles. The van der Waals surface area contributed by atoms with E-state index in [2.05, 4.69) is 15.6 Å². The number of carbonyl (C=O) groups is 1. The first-order valence-electron chi connectivity index (χ1n) is 9.80. The third-order valence-electron chi connectivity index (χ3n) is 5.67. The molecule has 1 aliphatic rings. The van der Waals surface area contributed by atoms with E-state index in [-0.39, 0.29) is 0 Å². The molecule has 3 aromatic rings. The second kappa shape index (κ2) is 7.63. The summed E-state index contributed by atoms with van der Waals surface area (Å²) < 4.78 is 23.5. The summed E-state index contributed by atoms with van der Waals surface area (Å²) >= 11 is 0. The molecule has 32 heavy (non-hydrogen) atoms. The van der Waals surface area contributed by atoms with Crippen molar-refractivity contribution in [1.29, 1.82) is 0 Å². The summed E-state index contributed by atoms with van der Waals surface area (Å²) in [5, 5.41) is 6.23. The number of aromatic nitrogens is 2. The number of ether oxygens (including phenoxy) is 4. The Balaban J connectivity index is 2.17. The number of aryl methyl sites for hydroxylation is 1. The van der Waals surface area contributed by atoms with Crippen LogP contribution in [0.2, 0.25) is 0 Å². The van der Waals surface area contributed by atoms with Gasteiger partial charge in [-0.2, -0.15) is 4.98 Å². The fourth-order valence-corrected chi connectivity index (χ4v) is 4.36. The van der Waals surface area contributed by atoms with Gasteiger partial charge in [-0.1, -0.05) is 0 Å². The Kier molecular flexibility index (Phi) is 5.08. The summed E-state index contributed by atoms with van der Waals surface area (Å²) in [5.74, 6) is 1.76. The van der Waals surface area contributed by atoms with Crippen molar-refractivity contribution in [2.24, 2.45) is 0 Å². The standard InChI is InChI=1S/C22H24N4O6/c1-11-16-13(8-10-14(29-3)18(16)31-5)26(21(28)23-11)22(2)17-12(24-20(27)25-22)7-9-15(30-4)19(17)32-6/h7-10H,1-6H3,(H2,24,25,27). The zero-order chi connectivity index (χ0) is 23.2. The predicted octanol–water partition coefficient (Wildman–Crippen LogP) is 2.60. The van der Waals surface area contributed by atoms with Crippen LogP contribution in [0.25, 0.3) is 10.9 Å². The minimum Gasteiger partial charge on any atom is -0.493 e. The fourth-order valence-electron chi connectivity index (χ4n) is 4.36. The lowest BCUT2D eigenvalue weighted by Gasteiger charge is -2.40. The van der Waals surface area contributed by atoms with Gasteiger partial charge in [0, 0.05) is 0 Å². The van der Waals surface area contributed by atoms with Crippen molar-refractivity contribution < 1.29 is 23.7 Å². The van der Waals surface area contributed by atoms with Crippen LogP contribution in [0.3, 0.4) is 0 Å². The Morgan fingerprint density at radius 1 is 0.906 bits per heavy atom. The van der Waals surface area contributed by atoms with Crippen LogP contribution in [0.15, 0.2) is 29.1 Å². The lowest BCUT2D eigenvalue weighted by molar-refractivity contribution is 0.225. The third-order valence-corrected chi connectivity index (χ3v) is 5.67. The van der Waals surface area contributed by atoms with Gasteiger partial charge in [0.25, 0.3) is 0 Å². The Hall–Kier alpha value is -3.95. The molecule has 2 N–H and O–H groups in total. The number of amides is 2. The molecule has 10 nitrogen and oxygen atoms in total. The average molecular weight is 440 g/mol. The molecule has 168 valence electrons. The summed E-state index contributed by atoms with van der Waals surface area (Å²) in [6.45, 7) is 3.43. The first-order valence-corrected chi connectivity index (χ1v) is 9.80. The Bertz CT molecular complexity index is 1300. The summed E-state index contributed by atoms with van der Waals surface area (Å²) in [7, 11) is 6.06. The van der Waals surface area contributed by atoms with Crippen molar-refractivity contribution in [1.82, 2.24) is 14.9 Å². The van der Waals surface area contributed by atoms with E-state index >= 15 is 0 Å². The highest BCUT2D eigenvalue weighted by Crippen LogP contribution is 2.46. The largest absolute Gasteiger partial charge is 0.493 e. The molecule has 1 aromatic heterocycles. The van der Waals surface area contributed by atoms with Crippen LogP contribution in [0.4, 0.5) is 10.5 Å². The van der Waals surface area contributed by atoms with Gasteiger partial charge >= 0.3 is 11.7 Å². The minimum absolute atomic E-state index is 0.376. The maximum Gasteiger partial charge on any atom is 0.350 e. The van der Waals surface area contributed by atoms with E-state index < -0.39 is 17.4 Å². The Morgan fingerprint density at radius 2 is 1.53 bits per heavy atom. The number of benzene rings is 2. The van der Waals surface area contributed by atoms with Gasteiger partial charge in [-0.25, -0.2) is 9.59 Å². The molecular formula is C22H24N4O6. The highest BCUT2D eigenvalue weighted by Gasteiger charge is 2.43. The molecule has 0 fully saturated rings. The van der Waals surface area contributed by atoms with Gasteiger partial charge in [0.15, 0.2) is 28.7 Å². The second-order valence-electron chi connectivity index (χ2n) is 7.39. The topological polar surface area (TPSA) is 113 Å². The van der Waals surface area contributed by atoms with Crippen molar-refractivity contribution in [2.75, 3.05) is 33.8 Å². The molecule has 0 bridgehead atoms. The van der Waals surface area contributed by atoms with Gasteiger partial charge in [-0.05, 0) is 38.1 Å². The van der Waals surface area contributed by atoms with Crippen molar-refractivity contribution >= 4 is 22.6 Å².